The topological polar surface area (TPSA) is 101 Å². The molecule has 0 atom stereocenters. The van der Waals surface area contributed by atoms with Gasteiger partial charge in [0, 0.05) is 68.9 Å². The van der Waals surface area contributed by atoms with Crippen molar-refractivity contribution in [1.29, 1.82) is 0 Å². The maximum Gasteiger partial charge on any atom is 0.416 e. The second-order valence-corrected chi connectivity index (χ2v) is 12.8. The number of nitrogens with zero attached hydrogens (tertiary/aromatic N) is 6. The lowest BCUT2D eigenvalue weighted by Gasteiger charge is -2.37. The molecule has 42 heavy (non-hydrogen) atoms. The molecule has 2 fully saturated rings. The van der Waals surface area contributed by atoms with Crippen molar-refractivity contribution in [2.75, 3.05) is 69.6 Å². The SMILES string of the molecule is CN1CCN(S(=O)(=O)c2ccc(NC(=S)N3CCN(c4ncnc5[nH]c6cc(C(F)(F)F)ccc6c45)CC3)cc2)CC1. The number of hydrogen-bond acceptors (Lipinski definition) is 7. The molecule has 4 heterocycles. The van der Waals surface area contributed by atoms with Crippen molar-refractivity contribution in [3.8, 4) is 0 Å². The van der Waals surface area contributed by atoms with E-state index in [1.54, 1.807) is 24.3 Å². The van der Waals surface area contributed by atoms with Gasteiger partial charge in [0.1, 0.15) is 17.8 Å². The molecule has 0 spiro atoms. The van der Waals surface area contributed by atoms with E-state index in [1.807, 2.05) is 11.9 Å². The Kier molecular flexibility index (Phi) is 7.45. The molecule has 222 valence electrons. The molecule has 10 nitrogen and oxygen atoms in total. The Bertz CT molecular complexity index is 1730. The number of halogens is 3. The van der Waals surface area contributed by atoms with E-state index in [-0.39, 0.29) is 4.90 Å². The number of thiocarbonyl (C=S) groups is 1. The van der Waals surface area contributed by atoms with E-state index < -0.39 is 21.8 Å². The van der Waals surface area contributed by atoms with Crippen LogP contribution in [0.1, 0.15) is 5.56 Å². The van der Waals surface area contributed by atoms with Crippen LogP contribution in [0.15, 0.2) is 53.7 Å². The molecular formula is C27H29F3N8O2S2. The summed E-state index contributed by atoms with van der Waals surface area (Å²) in [4.78, 5) is 18.2. The molecule has 2 N–H and O–H groups in total. The Balaban J connectivity index is 1.11. The third kappa shape index (κ3) is 5.48. The first kappa shape index (κ1) is 28.6. The number of sulfonamides is 1. The second-order valence-electron chi connectivity index (χ2n) is 10.4. The number of fused-ring (bicyclic) bond motifs is 3. The van der Waals surface area contributed by atoms with E-state index in [4.69, 9.17) is 12.2 Å². The lowest BCUT2D eigenvalue weighted by atomic mass is 10.1. The van der Waals surface area contributed by atoms with E-state index >= 15 is 0 Å². The smallest absolute Gasteiger partial charge is 0.352 e. The molecule has 0 radical (unpaired) electrons. The minimum absolute atomic E-state index is 0.250. The summed E-state index contributed by atoms with van der Waals surface area (Å²) in [6, 6.07) is 10.2. The van der Waals surface area contributed by atoms with Crippen molar-refractivity contribution in [3.05, 3.63) is 54.4 Å². The summed E-state index contributed by atoms with van der Waals surface area (Å²) in [7, 11) is -1.57. The molecule has 2 aromatic carbocycles. The normalized spacial score (nSPS) is 17.7. The monoisotopic (exact) mass is 618 g/mol. The first-order chi connectivity index (χ1) is 20.0. The zero-order chi connectivity index (χ0) is 29.6. The molecule has 0 unspecified atom stereocenters. The second kappa shape index (κ2) is 10.9. The number of benzene rings is 2. The average Bonchev–Trinajstić information content (AvgIpc) is 3.35. The quantitative estimate of drug-likeness (QED) is 0.333. The number of nitrogens with one attached hydrogen (secondary N) is 2. The lowest BCUT2D eigenvalue weighted by Crippen LogP contribution is -2.50. The third-order valence-electron chi connectivity index (χ3n) is 7.77. The van der Waals surface area contributed by atoms with Crippen molar-refractivity contribution in [3.63, 3.8) is 0 Å². The van der Waals surface area contributed by atoms with Crippen LogP contribution >= 0.6 is 12.2 Å². The van der Waals surface area contributed by atoms with Gasteiger partial charge in [-0.05, 0) is 55.7 Å². The Morgan fingerprint density at radius 3 is 2.31 bits per heavy atom. The Hall–Kier alpha value is -3.53. The number of anilines is 2. The van der Waals surface area contributed by atoms with E-state index in [2.05, 4.69) is 30.1 Å². The Labute approximate surface area is 246 Å². The van der Waals surface area contributed by atoms with Gasteiger partial charge in [-0.2, -0.15) is 17.5 Å². The van der Waals surface area contributed by atoms with Gasteiger partial charge in [0.25, 0.3) is 0 Å². The van der Waals surface area contributed by atoms with Crippen LogP contribution in [-0.4, -0.2) is 102 Å². The van der Waals surface area contributed by atoms with Gasteiger partial charge in [0.2, 0.25) is 10.0 Å². The van der Waals surface area contributed by atoms with Crippen LogP contribution < -0.4 is 10.2 Å². The van der Waals surface area contributed by atoms with Gasteiger partial charge in [0.05, 0.1) is 15.8 Å². The minimum Gasteiger partial charge on any atom is -0.352 e. The maximum absolute atomic E-state index is 13.2. The van der Waals surface area contributed by atoms with E-state index in [0.29, 0.717) is 90.9 Å². The zero-order valence-corrected chi connectivity index (χ0v) is 24.4. The summed E-state index contributed by atoms with van der Waals surface area (Å²) in [6.45, 7) is 4.69. The third-order valence-corrected chi connectivity index (χ3v) is 10.0. The number of hydrogen-bond donors (Lipinski definition) is 2. The average molecular weight is 619 g/mol. The number of aromatic nitrogens is 3. The maximum atomic E-state index is 13.2. The van der Waals surface area contributed by atoms with Gasteiger partial charge in [-0.1, -0.05) is 6.07 Å². The highest BCUT2D eigenvalue weighted by atomic mass is 32.2. The molecule has 15 heteroatoms. The molecular weight excluding hydrogens is 589 g/mol. The van der Waals surface area contributed by atoms with E-state index in [9.17, 15) is 21.6 Å². The van der Waals surface area contributed by atoms with Crippen molar-refractivity contribution >= 4 is 60.8 Å². The van der Waals surface area contributed by atoms with Crippen LogP contribution in [-0.2, 0) is 16.2 Å². The van der Waals surface area contributed by atoms with Gasteiger partial charge < -0.3 is 25.0 Å². The summed E-state index contributed by atoms with van der Waals surface area (Å²) in [5.41, 5.74) is 0.797. The molecule has 0 bridgehead atoms. The molecule has 2 aliphatic rings. The number of alkyl halides is 3. The van der Waals surface area contributed by atoms with Crippen LogP contribution in [0.4, 0.5) is 24.7 Å². The number of piperazine rings is 2. The van der Waals surface area contributed by atoms with Gasteiger partial charge >= 0.3 is 6.18 Å². The molecule has 0 amide bonds. The number of likely N-dealkylation sites (N-methyl/N-ethyl adjacent to an activating group) is 1. The van der Waals surface area contributed by atoms with Crippen LogP contribution in [0, 0.1) is 0 Å². The number of aromatic amines is 1. The van der Waals surface area contributed by atoms with Gasteiger partial charge in [-0.3, -0.25) is 0 Å². The molecule has 4 aromatic rings. The molecule has 6 rings (SSSR count). The van der Waals surface area contributed by atoms with Crippen LogP contribution in [0.25, 0.3) is 21.9 Å². The summed E-state index contributed by atoms with van der Waals surface area (Å²) >= 11 is 5.64. The highest BCUT2D eigenvalue weighted by Gasteiger charge is 2.31. The fraction of sp³-hybridized carbons (Fsp3) is 0.370. The number of H-pyrrole nitrogens is 1. The fourth-order valence-electron chi connectivity index (χ4n) is 5.34. The lowest BCUT2D eigenvalue weighted by molar-refractivity contribution is -0.137. The standard InChI is InChI=1S/C27H29F3N8O2S2/c1-35-8-14-38(15-9-35)42(39,40)20-5-3-19(4-6-20)33-26(41)37-12-10-36(11-13-37)25-23-21-7-2-18(27(28,29)30)16-22(21)34-24(23)31-17-32-25/h2-7,16-17H,8-15H2,1H3,(H,33,41)(H,31,32,34). The minimum atomic E-state index is -4.44. The zero-order valence-electron chi connectivity index (χ0n) is 22.7. The fourth-order valence-corrected chi connectivity index (χ4v) is 7.06. The number of rotatable bonds is 4. The highest BCUT2D eigenvalue weighted by Crippen LogP contribution is 2.36. The van der Waals surface area contributed by atoms with Crippen LogP contribution in [0.2, 0.25) is 0 Å². The van der Waals surface area contributed by atoms with Gasteiger partial charge in [-0.25, -0.2) is 18.4 Å². The Morgan fingerprint density at radius 1 is 0.952 bits per heavy atom. The van der Waals surface area contributed by atoms with Crippen molar-refractivity contribution in [2.45, 2.75) is 11.1 Å². The molecule has 0 saturated carbocycles. The molecule has 2 saturated heterocycles. The van der Waals surface area contributed by atoms with Crippen molar-refractivity contribution in [1.82, 2.24) is 29.1 Å². The van der Waals surface area contributed by atoms with Crippen LogP contribution in [0.5, 0.6) is 0 Å². The molecule has 2 aromatic heterocycles. The van der Waals surface area contributed by atoms with Gasteiger partial charge in [0.15, 0.2) is 5.11 Å². The Morgan fingerprint density at radius 2 is 1.64 bits per heavy atom. The summed E-state index contributed by atoms with van der Waals surface area (Å²) < 4.78 is 67.2. The highest BCUT2D eigenvalue weighted by molar-refractivity contribution is 7.89. The largest absolute Gasteiger partial charge is 0.416 e. The summed E-state index contributed by atoms with van der Waals surface area (Å²) in [5.74, 6) is 0.654. The predicted octanol–water partition coefficient (Wildman–Crippen LogP) is 3.59. The predicted molar refractivity (Wildman–Crippen MR) is 159 cm³/mol. The first-order valence-electron chi connectivity index (χ1n) is 13.4. The summed E-state index contributed by atoms with van der Waals surface area (Å²) in [6.07, 6.45) is -3.03. The van der Waals surface area contributed by atoms with E-state index in [1.165, 1.54) is 16.7 Å². The molecule has 2 aliphatic heterocycles. The van der Waals surface area contributed by atoms with Crippen molar-refractivity contribution < 1.29 is 21.6 Å². The summed E-state index contributed by atoms with van der Waals surface area (Å²) in [5, 5.41) is 5.03. The van der Waals surface area contributed by atoms with Gasteiger partial charge in [-0.15, -0.1) is 0 Å². The van der Waals surface area contributed by atoms with Crippen molar-refractivity contribution in [2.24, 2.45) is 0 Å². The first-order valence-corrected chi connectivity index (χ1v) is 15.3. The van der Waals surface area contributed by atoms with E-state index in [0.717, 1.165) is 12.1 Å². The van der Waals surface area contributed by atoms with Crippen LogP contribution in [0.3, 0.4) is 0 Å². The molecule has 0 aliphatic carbocycles.